The summed E-state index contributed by atoms with van der Waals surface area (Å²) >= 11 is 0. The summed E-state index contributed by atoms with van der Waals surface area (Å²) in [6.07, 6.45) is 5.90. The molecule has 0 aliphatic heterocycles. The second kappa shape index (κ2) is 12.1. The molecule has 134 valence electrons. The maximum atomic E-state index is 12.6. The Hall–Kier alpha value is -1.32. The summed E-state index contributed by atoms with van der Waals surface area (Å²) < 4.78 is 5.66. The Labute approximate surface area is 141 Å². The van der Waals surface area contributed by atoms with Crippen molar-refractivity contribution >= 4 is 11.9 Å². The van der Waals surface area contributed by atoms with Gasteiger partial charge in [0, 0.05) is 11.1 Å². The number of ether oxygens (including phenoxy) is 1. The molecule has 0 saturated carbocycles. The summed E-state index contributed by atoms with van der Waals surface area (Å²) in [7, 11) is 0. The van der Waals surface area contributed by atoms with Crippen LogP contribution in [0.1, 0.15) is 86.0 Å². The monoisotopic (exact) mass is 326 g/mol. The number of carboxylic acid groups (broad SMARTS) is 1. The molecule has 0 aromatic carbocycles. The molecule has 0 bridgehead atoms. The van der Waals surface area contributed by atoms with Crippen molar-refractivity contribution in [3.05, 3.63) is 11.1 Å². The first-order valence-electron chi connectivity index (χ1n) is 9.05. The summed E-state index contributed by atoms with van der Waals surface area (Å²) in [5.74, 6) is -1.19. The summed E-state index contributed by atoms with van der Waals surface area (Å²) in [5.41, 5.74) is 0.610. The fourth-order valence-electron chi connectivity index (χ4n) is 2.49. The van der Waals surface area contributed by atoms with Crippen molar-refractivity contribution in [2.24, 2.45) is 5.92 Å². The van der Waals surface area contributed by atoms with Crippen molar-refractivity contribution in [1.29, 1.82) is 0 Å². The molecule has 0 radical (unpaired) electrons. The van der Waals surface area contributed by atoms with Crippen LogP contribution in [0.5, 0.6) is 0 Å². The van der Waals surface area contributed by atoms with E-state index < -0.39 is 11.9 Å². The number of hydrogen-bond acceptors (Lipinski definition) is 3. The maximum absolute atomic E-state index is 12.6. The van der Waals surface area contributed by atoms with Crippen LogP contribution in [0.3, 0.4) is 0 Å². The van der Waals surface area contributed by atoms with E-state index in [1.807, 2.05) is 27.7 Å². The topological polar surface area (TPSA) is 63.6 Å². The third kappa shape index (κ3) is 8.19. The van der Waals surface area contributed by atoms with Gasteiger partial charge in [0.15, 0.2) is 0 Å². The van der Waals surface area contributed by atoms with Crippen molar-refractivity contribution in [2.45, 2.75) is 92.1 Å². The van der Waals surface area contributed by atoms with Gasteiger partial charge in [-0.3, -0.25) is 0 Å². The van der Waals surface area contributed by atoms with Crippen LogP contribution in [0, 0.1) is 5.92 Å². The summed E-state index contributed by atoms with van der Waals surface area (Å²) in [6.45, 7) is 10.2. The fraction of sp³-hybridized carbons (Fsp3) is 0.789. The predicted octanol–water partition coefficient (Wildman–Crippen LogP) is 5.12. The molecular weight excluding hydrogens is 292 g/mol. The second-order valence-electron chi connectivity index (χ2n) is 6.45. The largest absolute Gasteiger partial charge is 0.478 e. The van der Waals surface area contributed by atoms with E-state index in [4.69, 9.17) is 4.74 Å². The highest BCUT2D eigenvalue weighted by atomic mass is 16.5. The number of carboxylic acids is 1. The second-order valence-corrected chi connectivity index (χ2v) is 6.45. The Balaban J connectivity index is 5.39. The number of esters is 1. The Morgan fingerprint density at radius 2 is 1.43 bits per heavy atom. The van der Waals surface area contributed by atoms with E-state index in [1.54, 1.807) is 0 Å². The Morgan fingerprint density at radius 3 is 1.83 bits per heavy atom. The fourth-order valence-corrected chi connectivity index (χ4v) is 2.49. The first-order chi connectivity index (χ1) is 10.9. The molecule has 23 heavy (non-hydrogen) atoms. The lowest BCUT2D eigenvalue weighted by molar-refractivity contribution is -0.147. The normalized spacial score (nSPS) is 13.7. The summed E-state index contributed by atoms with van der Waals surface area (Å²) in [5, 5.41) is 9.50. The van der Waals surface area contributed by atoms with Crippen LogP contribution < -0.4 is 0 Å². The highest BCUT2D eigenvalue weighted by Gasteiger charge is 2.24. The molecule has 0 aromatic heterocycles. The quantitative estimate of drug-likeness (QED) is 0.399. The molecule has 1 unspecified atom stereocenters. The molecule has 0 aromatic rings. The van der Waals surface area contributed by atoms with Gasteiger partial charge in [0.05, 0.1) is 0 Å². The number of rotatable bonds is 12. The minimum Gasteiger partial charge on any atom is -0.478 e. The number of aliphatic carboxylic acids is 1. The van der Waals surface area contributed by atoms with Gasteiger partial charge in [-0.05, 0) is 38.0 Å². The molecule has 0 fully saturated rings. The lowest BCUT2D eigenvalue weighted by Crippen LogP contribution is -2.26. The van der Waals surface area contributed by atoms with Gasteiger partial charge in [-0.25, -0.2) is 9.59 Å². The molecule has 0 aliphatic carbocycles. The van der Waals surface area contributed by atoms with Gasteiger partial charge in [-0.2, -0.15) is 0 Å². The number of carbonyl (C=O) groups is 2. The summed E-state index contributed by atoms with van der Waals surface area (Å²) in [6, 6.07) is 0. The van der Waals surface area contributed by atoms with E-state index in [1.165, 1.54) is 0 Å². The van der Waals surface area contributed by atoms with Crippen LogP contribution in [0.4, 0.5) is 0 Å². The molecule has 0 spiro atoms. The van der Waals surface area contributed by atoms with E-state index in [2.05, 4.69) is 6.92 Å². The van der Waals surface area contributed by atoms with E-state index >= 15 is 0 Å². The van der Waals surface area contributed by atoms with Crippen LogP contribution >= 0.6 is 0 Å². The average Bonchev–Trinajstić information content (AvgIpc) is 2.49. The van der Waals surface area contributed by atoms with Gasteiger partial charge in [-0.1, -0.05) is 53.9 Å². The zero-order valence-electron chi connectivity index (χ0n) is 15.5. The zero-order chi connectivity index (χ0) is 17.8. The Morgan fingerprint density at radius 1 is 0.913 bits per heavy atom. The highest BCUT2D eigenvalue weighted by Crippen LogP contribution is 2.23. The van der Waals surface area contributed by atoms with Crippen LogP contribution in [-0.2, 0) is 14.3 Å². The van der Waals surface area contributed by atoms with E-state index in [-0.39, 0.29) is 17.6 Å². The van der Waals surface area contributed by atoms with Gasteiger partial charge in [0.1, 0.15) is 6.10 Å². The molecular formula is C19H34O4. The smallest absolute Gasteiger partial charge is 0.334 e. The van der Waals surface area contributed by atoms with Crippen LogP contribution in [0.25, 0.3) is 0 Å². The minimum absolute atomic E-state index is 0.148. The molecule has 4 nitrogen and oxygen atoms in total. The lowest BCUT2D eigenvalue weighted by atomic mass is 9.97. The molecule has 4 heteroatoms. The molecule has 1 atom stereocenters. The minimum atomic E-state index is -0.988. The molecule has 0 heterocycles. The first kappa shape index (κ1) is 21.7. The molecule has 1 N–H and O–H groups in total. The van der Waals surface area contributed by atoms with Gasteiger partial charge in [-0.15, -0.1) is 0 Å². The van der Waals surface area contributed by atoms with Gasteiger partial charge < -0.3 is 9.84 Å². The lowest BCUT2D eigenvalue weighted by Gasteiger charge is -2.22. The van der Waals surface area contributed by atoms with E-state index in [0.29, 0.717) is 18.4 Å². The first-order valence-corrected chi connectivity index (χ1v) is 9.05. The number of unbranched alkanes of at least 4 members (excludes halogenated alkanes) is 2. The van der Waals surface area contributed by atoms with Crippen LogP contribution in [0.15, 0.2) is 11.1 Å². The molecule has 0 amide bonds. The van der Waals surface area contributed by atoms with Crippen molar-refractivity contribution in [3.8, 4) is 0 Å². The number of hydrogen-bond donors (Lipinski definition) is 1. The van der Waals surface area contributed by atoms with E-state index in [9.17, 15) is 14.7 Å². The number of carbonyl (C=O) groups excluding carboxylic acids is 1. The molecule has 0 saturated heterocycles. The summed E-state index contributed by atoms with van der Waals surface area (Å²) in [4.78, 5) is 24.2. The molecule has 0 rings (SSSR count). The predicted molar refractivity (Wildman–Crippen MR) is 93.3 cm³/mol. The van der Waals surface area contributed by atoms with Crippen molar-refractivity contribution in [1.82, 2.24) is 0 Å². The SMILES string of the molecule is CCCC/C(C(=O)O)=C(\CCCC)C(=O)OC(CCC)C(C)C. The van der Waals surface area contributed by atoms with Crippen molar-refractivity contribution < 1.29 is 19.4 Å². The highest BCUT2D eigenvalue weighted by molar-refractivity contribution is 5.99. The van der Waals surface area contributed by atoms with Crippen molar-refractivity contribution in [3.63, 3.8) is 0 Å². The average molecular weight is 326 g/mol. The molecule has 0 aliphatic rings. The van der Waals surface area contributed by atoms with Crippen molar-refractivity contribution in [2.75, 3.05) is 0 Å². The van der Waals surface area contributed by atoms with Crippen LogP contribution in [0.2, 0.25) is 0 Å². The van der Waals surface area contributed by atoms with Gasteiger partial charge >= 0.3 is 11.9 Å². The standard InChI is InChI=1S/C19H34O4/c1-6-9-12-15(18(20)21)16(13-10-7-2)19(22)23-17(11-8-3)14(4)5/h14,17H,6-13H2,1-5H3,(H,20,21)/b16-15-. The Bertz CT molecular complexity index is 396. The van der Waals surface area contributed by atoms with Gasteiger partial charge in [0.2, 0.25) is 0 Å². The Kier molecular flexibility index (Phi) is 11.4. The third-order valence-corrected chi connectivity index (χ3v) is 4.00. The van der Waals surface area contributed by atoms with Crippen LogP contribution in [-0.4, -0.2) is 23.1 Å². The van der Waals surface area contributed by atoms with E-state index in [0.717, 1.165) is 38.5 Å². The zero-order valence-corrected chi connectivity index (χ0v) is 15.5. The maximum Gasteiger partial charge on any atom is 0.334 e. The third-order valence-electron chi connectivity index (χ3n) is 4.00. The van der Waals surface area contributed by atoms with Gasteiger partial charge in [0.25, 0.3) is 0 Å².